The Labute approximate surface area is 133 Å². The summed E-state index contributed by atoms with van der Waals surface area (Å²) in [6, 6.07) is 8.44. The normalized spacial score (nSPS) is 10.5. The number of nitrogen functional groups attached to an aromatic ring is 1. The van der Waals surface area contributed by atoms with Crippen LogP contribution in [0.1, 0.15) is 5.56 Å². The third-order valence-electron chi connectivity index (χ3n) is 3.12. The van der Waals surface area contributed by atoms with Gasteiger partial charge in [-0.15, -0.1) is 0 Å². The largest absolute Gasteiger partial charge is 0.396 e. The highest BCUT2D eigenvalue weighted by Crippen LogP contribution is 2.31. The van der Waals surface area contributed by atoms with Crippen LogP contribution in [0.4, 0.5) is 21.5 Å². The molecule has 0 atom stereocenters. The number of hydrogen-bond donors (Lipinski definition) is 2. The molecule has 0 saturated carbocycles. The van der Waals surface area contributed by atoms with Crippen LogP contribution in [-0.2, 0) is 6.54 Å². The zero-order valence-corrected chi connectivity index (χ0v) is 13.3. The molecular weight excluding hydrogens is 312 g/mol. The SMILES string of the molecule is CN(C)c1ccc(CNc2cc(Cl)c(N)c(Cl)c2)c(F)c1. The predicted molar refractivity (Wildman–Crippen MR) is 88.9 cm³/mol. The summed E-state index contributed by atoms with van der Waals surface area (Å²) in [6.07, 6.45) is 0. The van der Waals surface area contributed by atoms with E-state index in [4.69, 9.17) is 28.9 Å². The molecule has 6 heteroatoms. The molecule has 0 aliphatic heterocycles. The van der Waals surface area contributed by atoms with Gasteiger partial charge in [0.05, 0.1) is 15.7 Å². The van der Waals surface area contributed by atoms with Crippen molar-refractivity contribution in [2.75, 3.05) is 30.0 Å². The van der Waals surface area contributed by atoms with Gasteiger partial charge in [-0.2, -0.15) is 0 Å². The quantitative estimate of drug-likeness (QED) is 0.818. The van der Waals surface area contributed by atoms with Crippen molar-refractivity contribution in [1.29, 1.82) is 0 Å². The van der Waals surface area contributed by atoms with Gasteiger partial charge >= 0.3 is 0 Å². The first-order valence-corrected chi connectivity index (χ1v) is 7.08. The topological polar surface area (TPSA) is 41.3 Å². The minimum atomic E-state index is -0.263. The van der Waals surface area contributed by atoms with Crippen molar-refractivity contribution in [3.8, 4) is 0 Å². The zero-order chi connectivity index (χ0) is 15.6. The van der Waals surface area contributed by atoms with Gasteiger partial charge in [-0.05, 0) is 24.3 Å². The molecule has 0 aromatic heterocycles. The Bertz CT molecular complexity index is 636. The van der Waals surface area contributed by atoms with Crippen molar-refractivity contribution in [1.82, 2.24) is 0 Å². The van der Waals surface area contributed by atoms with Crippen molar-refractivity contribution in [2.45, 2.75) is 6.54 Å². The highest BCUT2D eigenvalue weighted by atomic mass is 35.5. The van der Waals surface area contributed by atoms with Crippen LogP contribution in [0.25, 0.3) is 0 Å². The monoisotopic (exact) mass is 327 g/mol. The first kappa shape index (κ1) is 15.7. The van der Waals surface area contributed by atoms with E-state index in [9.17, 15) is 4.39 Å². The van der Waals surface area contributed by atoms with Crippen LogP contribution in [0.3, 0.4) is 0 Å². The van der Waals surface area contributed by atoms with Crippen molar-refractivity contribution in [3.63, 3.8) is 0 Å². The van der Waals surface area contributed by atoms with Gasteiger partial charge < -0.3 is 16.0 Å². The molecule has 0 saturated heterocycles. The van der Waals surface area contributed by atoms with Crippen LogP contribution >= 0.6 is 23.2 Å². The van der Waals surface area contributed by atoms with E-state index in [1.807, 2.05) is 25.1 Å². The molecule has 2 aromatic rings. The van der Waals surface area contributed by atoms with E-state index < -0.39 is 0 Å². The number of nitrogens with one attached hydrogen (secondary N) is 1. The maximum absolute atomic E-state index is 14.0. The van der Waals surface area contributed by atoms with Gasteiger partial charge in [0.25, 0.3) is 0 Å². The fraction of sp³-hybridized carbons (Fsp3) is 0.200. The number of anilines is 3. The van der Waals surface area contributed by atoms with Gasteiger partial charge in [-0.1, -0.05) is 29.3 Å². The van der Waals surface area contributed by atoms with E-state index in [1.165, 1.54) is 6.07 Å². The Hall–Kier alpha value is -1.65. The lowest BCUT2D eigenvalue weighted by molar-refractivity contribution is 0.613. The minimum absolute atomic E-state index is 0.263. The van der Waals surface area contributed by atoms with Crippen LogP contribution in [0.5, 0.6) is 0 Å². The van der Waals surface area contributed by atoms with Gasteiger partial charge in [-0.25, -0.2) is 4.39 Å². The van der Waals surface area contributed by atoms with Gasteiger partial charge in [0.1, 0.15) is 5.82 Å². The molecular formula is C15H16Cl2FN3. The smallest absolute Gasteiger partial charge is 0.130 e. The Morgan fingerprint density at radius 2 is 1.76 bits per heavy atom. The summed E-state index contributed by atoms with van der Waals surface area (Å²) >= 11 is 11.9. The lowest BCUT2D eigenvalue weighted by Gasteiger charge is -2.14. The summed E-state index contributed by atoms with van der Waals surface area (Å²) < 4.78 is 14.0. The van der Waals surface area contributed by atoms with Crippen molar-refractivity contribution < 1.29 is 4.39 Å². The molecule has 0 heterocycles. The summed E-state index contributed by atoms with van der Waals surface area (Å²) in [5, 5.41) is 3.82. The standard InChI is InChI=1S/C15H16Cl2FN3/c1-21(2)11-4-3-9(14(18)7-11)8-20-10-5-12(16)15(19)13(17)6-10/h3-7,20H,8,19H2,1-2H3. The molecule has 112 valence electrons. The van der Waals surface area contributed by atoms with E-state index in [0.717, 1.165) is 5.69 Å². The molecule has 2 rings (SSSR count). The fourth-order valence-electron chi connectivity index (χ4n) is 1.84. The van der Waals surface area contributed by atoms with E-state index in [-0.39, 0.29) is 5.82 Å². The Morgan fingerprint density at radius 1 is 1.14 bits per heavy atom. The van der Waals surface area contributed by atoms with Gasteiger partial charge in [0, 0.05) is 37.6 Å². The lowest BCUT2D eigenvalue weighted by atomic mass is 10.1. The van der Waals surface area contributed by atoms with E-state index in [1.54, 1.807) is 18.2 Å². The highest BCUT2D eigenvalue weighted by molar-refractivity contribution is 6.39. The Balaban J connectivity index is 2.13. The molecule has 0 unspecified atom stereocenters. The first-order valence-electron chi connectivity index (χ1n) is 6.32. The van der Waals surface area contributed by atoms with Gasteiger partial charge in [0.2, 0.25) is 0 Å². The summed E-state index contributed by atoms with van der Waals surface area (Å²) in [5.41, 5.74) is 8.07. The molecule has 0 aliphatic rings. The molecule has 2 aromatic carbocycles. The average Bonchev–Trinajstić information content (AvgIpc) is 2.43. The van der Waals surface area contributed by atoms with Gasteiger partial charge in [0.15, 0.2) is 0 Å². The van der Waals surface area contributed by atoms with Crippen LogP contribution in [0.2, 0.25) is 10.0 Å². The third kappa shape index (κ3) is 3.71. The molecule has 0 aliphatic carbocycles. The van der Waals surface area contributed by atoms with Crippen LogP contribution in [0, 0.1) is 5.82 Å². The van der Waals surface area contributed by atoms with Crippen molar-refractivity contribution in [3.05, 3.63) is 51.8 Å². The highest BCUT2D eigenvalue weighted by Gasteiger charge is 2.07. The van der Waals surface area contributed by atoms with Crippen molar-refractivity contribution in [2.24, 2.45) is 0 Å². The van der Waals surface area contributed by atoms with E-state index in [0.29, 0.717) is 33.5 Å². The molecule has 0 spiro atoms. The molecule has 0 bridgehead atoms. The average molecular weight is 328 g/mol. The van der Waals surface area contributed by atoms with Crippen LogP contribution < -0.4 is 16.0 Å². The predicted octanol–water partition coefficient (Wildman–Crippen LogP) is 4.39. The number of halogens is 3. The van der Waals surface area contributed by atoms with E-state index in [2.05, 4.69) is 5.32 Å². The summed E-state index contributed by atoms with van der Waals surface area (Å²) in [4.78, 5) is 1.85. The van der Waals surface area contributed by atoms with Crippen LogP contribution in [0.15, 0.2) is 30.3 Å². The number of rotatable bonds is 4. The fourth-order valence-corrected chi connectivity index (χ4v) is 2.33. The molecule has 3 nitrogen and oxygen atoms in total. The Kier molecular flexibility index (Phi) is 4.80. The number of nitrogens with zero attached hydrogens (tertiary/aromatic N) is 1. The van der Waals surface area contributed by atoms with Crippen LogP contribution in [-0.4, -0.2) is 14.1 Å². The molecule has 0 radical (unpaired) electrons. The minimum Gasteiger partial charge on any atom is -0.396 e. The summed E-state index contributed by atoms with van der Waals surface area (Å²) in [6.45, 7) is 0.329. The Morgan fingerprint density at radius 3 is 2.29 bits per heavy atom. The molecule has 21 heavy (non-hydrogen) atoms. The molecule has 0 amide bonds. The number of nitrogens with two attached hydrogens (primary N) is 1. The van der Waals surface area contributed by atoms with Gasteiger partial charge in [-0.3, -0.25) is 0 Å². The maximum Gasteiger partial charge on any atom is 0.130 e. The first-order chi connectivity index (χ1) is 9.88. The third-order valence-corrected chi connectivity index (χ3v) is 3.74. The lowest BCUT2D eigenvalue weighted by Crippen LogP contribution is -2.10. The van der Waals surface area contributed by atoms with E-state index >= 15 is 0 Å². The summed E-state index contributed by atoms with van der Waals surface area (Å²) in [5.74, 6) is -0.263. The second-order valence-electron chi connectivity index (χ2n) is 4.88. The second-order valence-corrected chi connectivity index (χ2v) is 5.69. The number of hydrogen-bond acceptors (Lipinski definition) is 3. The molecule has 3 N–H and O–H groups in total. The maximum atomic E-state index is 14.0. The second kappa shape index (κ2) is 6.41. The molecule has 0 fully saturated rings. The zero-order valence-electron chi connectivity index (χ0n) is 11.8. The number of benzene rings is 2. The van der Waals surface area contributed by atoms with Crippen molar-refractivity contribution >= 4 is 40.3 Å². The summed E-state index contributed by atoms with van der Waals surface area (Å²) in [7, 11) is 3.73.